The molecule has 0 aromatic heterocycles. The fraction of sp³-hybridized carbons (Fsp3) is 0.143. The van der Waals surface area contributed by atoms with Crippen LogP contribution in [0.25, 0.3) is 0 Å². The molecule has 0 amide bonds. The van der Waals surface area contributed by atoms with Gasteiger partial charge in [0.05, 0.1) is 10.9 Å². The first-order valence-electron chi connectivity index (χ1n) is 10.7. The van der Waals surface area contributed by atoms with E-state index < -0.39 is 33.9 Å². The monoisotopic (exact) mass is 465 g/mol. The van der Waals surface area contributed by atoms with Crippen molar-refractivity contribution in [3.63, 3.8) is 0 Å². The van der Waals surface area contributed by atoms with Crippen molar-refractivity contribution >= 4 is 10.9 Å². The van der Waals surface area contributed by atoms with Gasteiger partial charge in [0, 0.05) is 6.07 Å². The Labute approximate surface area is 195 Å². The molecule has 4 rings (SSSR count). The van der Waals surface area contributed by atoms with Gasteiger partial charge in [0.15, 0.2) is 37.9 Å². The fourth-order valence-corrected chi connectivity index (χ4v) is 5.72. The van der Waals surface area contributed by atoms with E-state index in [0.29, 0.717) is 12.0 Å². The van der Waals surface area contributed by atoms with Crippen LogP contribution in [0.1, 0.15) is 25.8 Å². The molecule has 0 aliphatic heterocycles. The largest absolute Gasteiger partial charge is 0.480 e. The Kier molecular flexibility index (Phi) is 6.80. The summed E-state index contributed by atoms with van der Waals surface area (Å²) < 4.78 is 48.6. The molecule has 0 saturated heterocycles. The molecule has 1 unspecified atom stereocenters. The minimum Gasteiger partial charge on any atom is -0.480 e. The summed E-state index contributed by atoms with van der Waals surface area (Å²) in [7, 11) is -0.487. The molecule has 0 heterocycles. The molecular formula is C28H24F3OS+. The van der Waals surface area contributed by atoms with Crippen LogP contribution in [-0.4, -0.2) is 0 Å². The third kappa shape index (κ3) is 4.93. The molecule has 4 aromatic rings. The second kappa shape index (κ2) is 9.75. The first-order chi connectivity index (χ1) is 15.9. The number of hydrogen-bond donors (Lipinski definition) is 0. The average molecular weight is 466 g/mol. The van der Waals surface area contributed by atoms with Crippen LogP contribution in [0, 0.1) is 17.5 Å². The van der Waals surface area contributed by atoms with Gasteiger partial charge in [-0.05, 0) is 67.4 Å². The molecule has 0 spiro atoms. The van der Waals surface area contributed by atoms with E-state index in [1.54, 1.807) is 13.0 Å². The lowest BCUT2D eigenvalue weighted by atomic mass is 9.92. The van der Waals surface area contributed by atoms with E-state index >= 15 is 4.39 Å². The molecule has 4 aromatic carbocycles. The second-order valence-corrected chi connectivity index (χ2v) is 9.87. The molecule has 0 saturated carbocycles. The Morgan fingerprint density at radius 2 is 1.27 bits per heavy atom. The summed E-state index contributed by atoms with van der Waals surface area (Å²) in [6.45, 7) is 3.60. The van der Waals surface area contributed by atoms with Gasteiger partial charge in [-0.2, -0.15) is 0 Å². The lowest BCUT2D eigenvalue weighted by Gasteiger charge is -2.30. The maximum atomic E-state index is 15.3. The number of hydrogen-bond acceptors (Lipinski definition) is 1. The summed E-state index contributed by atoms with van der Waals surface area (Å²) in [6, 6.07) is 28.6. The van der Waals surface area contributed by atoms with E-state index in [-0.39, 0.29) is 5.75 Å². The fourth-order valence-electron chi connectivity index (χ4n) is 3.62. The van der Waals surface area contributed by atoms with Gasteiger partial charge >= 0.3 is 0 Å². The molecule has 1 atom stereocenters. The summed E-state index contributed by atoms with van der Waals surface area (Å²) in [4.78, 5) is 2.98. The van der Waals surface area contributed by atoms with Crippen LogP contribution in [0.3, 0.4) is 0 Å². The maximum absolute atomic E-state index is 15.3. The van der Waals surface area contributed by atoms with Crippen LogP contribution in [0.4, 0.5) is 13.2 Å². The van der Waals surface area contributed by atoms with E-state index in [2.05, 4.69) is 0 Å². The Morgan fingerprint density at radius 1 is 0.667 bits per heavy atom. The minimum absolute atomic E-state index is 0.0671. The maximum Gasteiger partial charge on any atom is 0.170 e. The highest BCUT2D eigenvalue weighted by molar-refractivity contribution is 7.97. The predicted octanol–water partition coefficient (Wildman–Crippen LogP) is 7.90. The highest BCUT2D eigenvalue weighted by atomic mass is 32.2. The predicted molar refractivity (Wildman–Crippen MR) is 126 cm³/mol. The highest BCUT2D eigenvalue weighted by Gasteiger charge is 2.32. The molecule has 0 aliphatic carbocycles. The Bertz CT molecular complexity index is 1190. The molecule has 33 heavy (non-hydrogen) atoms. The van der Waals surface area contributed by atoms with Crippen LogP contribution >= 0.6 is 0 Å². The molecular weight excluding hydrogens is 441 g/mol. The molecule has 0 bridgehead atoms. The van der Waals surface area contributed by atoms with E-state index in [1.807, 2.05) is 73.7 Å². The van der Waals surface area contributed by atoms with Gasteiger partial charge < -0.3 is 4.74 Å². The number of benzene rings is 4. The van der Waals surface area contributed by atoms with Gasteiger partial charge in [0.2, 0.25) is 0 Å². The Hall–Kier alpha value is -3.18. The topological polar surface area (TPSA) is 9.23 Å². The molecule has 5 heteroatoms. The van der Waals surface area contributed by atoms with E-state index in [0.717, 1.165) is 26.8 Å². The van der Waals surface area contributed by atoms with Crippen molar-refractivity contribution in [2.75, 3.05) is 0 Å². The molecule has 1 nitrogen and oxygen atoms in total. The minimum atomic E-state index is -1.02. The number of rotatable bonds is 7. The Morgan fingerprint density at radius 3 is 1.79 bits per heavy atom. The normalized spacial score (nSPS) is 13.0. The lowest BCUT2D eigenvalue weighted by Crippen LogP contribution is -2.29. The third-order valence-electron chi connectivity index (χ3n) is 5.64. The van der Waals surface area contributed by atoms with Gasteiger partial charge in [-0.3, -0.25) is 0 Å². The van der Waals surface area contributed by atoms with Crippen LogP contribution in [-0.2, 0) is 16.5 Å². The zero-order valence-electron chi connectivity index (χ0n) is 18.4. The van der Waals surface area contributed by atoms with Crippen molar-refractivity contribution in [1.29, 1.82) is 0 Å². The van der Waals surface area contributed by atoms with Crippen LogP contribution in [0.5, 0.6) is 5.75 Å². The Balaban J connectivity index is 1.70. The molecule has 0 N–H and O–H groups in total. The molecule has 168 valence electrons. The van der Waals surface area contributed by atoms with E-state index in [4.69, 9.17) is 4.74 Å². The van der Waals surface area contributed by atoms with Crippen molar-refractivity contribution in [3.8, 4) is 5.75 Å². The van der Waals surface area contributed by atoms with Crippen LogP contribution in [0.2, 0.25) is 0 Å². The molecule has 0 fully saturated rings. The van der Waals surface area contributed by atoms with E-state index in [9.17, 15) is 8.78 Å². The zero-order valence-corrected chi connectivity index (χ0v) is 19.2. The average Bonchev–Trinajstić information content (AvgIpc) is 2.84. The zero-order chi connectivity index (χ0) is 23.4. The molecule has 0 aliphatic rings. The van der Waals surface area contributed by atoms with Gasteiger partial charge in [-0.25, -0.2) is 13.2 Å². The quantitative estimate of drug-likeness (QED) is 0.252. The van der Waals surface area contributed by atoms with Crippen LogP contribution in [0.15, 0.2) is 112 Å². The van der Waals surface area contributed by atoms with Crippen molar-refractivity contribution in [2.24, 2.45) is 0 Å². The van der Waals surface area contributed by atoms with Crippen LogP contribution < -0.4 is 4.74 Å². The van der Waals surface area contributed by atoms with Gasteiger partial charge in [-0.15, -0.1) is 0 Å². The second-order valence-electron chi connectivity index (χ2n) is 7.84. The van der Waals surface area contributed by atoms with Gasteiger partial charge in [-0.1, -0.05) is 49.4 Å². The van der Waals surface area contributed by atoms with Crippen molar-refractivity contribution in [1.82, 2.24) is 0 Å². The summed E-state index contributed by atoms with van der Waals surface area (Å²) in [5.74, 6) is -2.32. The first-order valence-corrected chi connectivity index (χ1v) is 11.9. The summed E-state index contributed by atoms with van der Waals surface area (Å²) in [5, 5.41) is 0. The van der Waals surface area contributed by atoms with Crippen molar-refractivity contribution < 1.29 is 17.9 Å². The third-order valence-corrected chi connectivity index (χ3v) is 7.85. The van der Waals surface area contributed by atoms with Gasteiger partial charge in [0.1, 0.15) is 5.60 Å². The number of ether oxygens (including phenoxy) is 1. The summed E-state index contributed by atoms with van der Waals surface area (Å²) in [6.07, 6.45) is 0.442. The van der Waals surface area contributed by atoms with Crippen molar-refractivity contribution in [3.05, 3.63) is 120 Å². The smallest absolute Gasteiger partial charge is 0.170 e. The number of halogens is 3. The molecule has 0 radical (unpaired) electrons. The summed E-state index contributed by atoms with van der Waals surface area (Å²) >= 11 is 0. The van der Waals surface area contributed by atoms with Gasteiger partial charge in [0.25, 0.3) is 0 Å². The highest BCUT2D eigenvalue weighted by Crippen LogP contribution is 2.36. The standard InChI is InChI=1S/C28H24F3OS/c1-3-28(2,20-14-16-24(29)25(30)18-20)32-27-17-15-23(19-26(27)31)33(21-10-6-4-7-11-21)22-12-8-5-9-13-22/h4-19H,3H2,1-2H3/q+1. The SMILES string of the molecule is CCC(C)(Oc1ccc([S+](c2ccccc2)c2ccccc2)cc1F)c1ccc(F)c(F)c1. The summed E-state index contributed by atoms with van der Waals surface area (Å²) in [5.41, 5.74) is -0.571. The lowest BCUT2D eigenvalue weighted by molar-refractivity contribution is 0.0768. The van der Waals surface area contributed by atoms with Crippen molar-refractivity contribution in [2.45, 2.75) is 40.6 Å². The first kappa shape index (κ1) is 23.0. The van der Waals surface area contributed by atoms with E-state index in [1.165, 1.54) is 12.1 Å².